The maximum Gasteiger partial charge on any atom is 0.265 e. The molecule has 1 aromatic carbocycles. The van der Waals surface area contributed by atoms with Crippen molar-refractivity contribution in [2.45, 2.75) is 17.9 Å². The van der Waals surface area contributed by atoms with Crippen molar-refractivity contribution in [3.05, 3.63) is 29.8 Å². The van der Waals surface area contributed by atoms with Crippen molar-refractivity contribution in [1.82, 2.24) is 15.2 Å². The van der Waals surface area contributed by atoms with E-state index in [-0.39, 0.29) is 23.5 Å². The van der Waals surface area contributed by atoms with Gasteiger partial charge < -0.3 is 4.74 Å². The first kappa shape index (κ1) is 17.6. The number of amides is 1. The third kappa shape index (κ3) is 5.43. The first-order valence-corrected chi connectivity index (χ1v) is 7.84. The van der Waals surface area contributed by atoms with Crippen LogP contribution >= 0.6 is 0 Å². The van der Waals surface area contributed by atoms with Gasteiger partial charge in [-0.15, -0.1) is 0 Å². The second-order valence-corrected chi connectivity index (χ2v) is 6.55. The molecule has 8 heteroatoms. The summed E-state index contributed by atoms with van der Waals surface area (Å²) in [6.45, 7) is 1.99. The number of benzene rings is 1. The van der Waals surface area contributed by atoms with Gasteiger partial charge in [-0.25, -0.2) is 18.1 Å². The van der Waals surface area contributed by atoms with Crippen molar-refractivity contribution in [1.29, 1.82) is 0 Å². The Morgan fingerprint density at radius 3 is 2.33 bits per heavy atom. The van der Waals surface area contributed by atoms with Gasteiger partial charge in [0.25, 0.3) is 5.91 Å². The number of hydrazine groups is 1. The van der Waals surface area contributed by atoms with E-state index in [0.29, 0.717) is 5.56 Å². The van der Waals surface area contributed by atoms with E-state index in [1.165, 1.54) is 36.4 Å². The molecule has 1 rings (SSSR count). The minimum Gasteiger partial charge on any atom is -0.383 e. The van der Waals surface area contributed by atoms with Crippen molar-refractivity contribution < 1.29 is 17.9 Å². The van der Waals surface area contributed by atoms with E-state index in [9.17, 15) is 13.2 Å². The molecule has 21 heavy (non-hydrogen) atoms. The highest BCUT2D eigenvalue weighted by atomic mass is 32.2. The first-order chi connectivity index (χ1) is 9.76. The van der Waals surface area contributed by atoms with Gasteiger partial charge in [-0.2, -0.15) is 0 Å². The van der Waals surface area contributed by atoms with Crippen LogP contribution in [0.5, 0.6) is 0 Å². The van der Waals surface area contributed by atoms with E-state index in [1.54, 1.807) is 21.0 Å². The minimum absolute atomic E-state index is 0.104. The van der Waals surface area contributed by atoms with Crippen molar-refractivity contribution in [2.24, 2.45) is 0 Å². The van der Waals surface area contributed by atoms with Gasteiger partial charge >= 0.3 is 0 Å². The van der Waals surface area contributed by atoms with Crippen LogP contribution < -0.4 is 10.1 Å². The molecule has 118 valence electrons. The number of hydrogen-bond acceptors (Lipinski definition) is 5. The van der Waals surface area contributed by atoms with Crippen LogP contribution in [-0.4, -0.2) is 53.2 Å². The Labute approximate surface area is 125 Å². The van der Waals surface area contributed by atoms with Crippen LogP contribution in [0.1, 0.15) is 17.3 Å². The number of hydrogen-bond donors (Lipinski definition) is 2. The molecule has 0 saturated carbocycles. The Balaban J connectivity index is 2.84. The second-order valence-electron chi connectivity index (χ2n) is 4.84. The third-order valence-corrected chi connectivity index (χ3v) is 4.13. The lowest BCUT2D eigenvalue weighted by atomic mass is 10.2. The first-order valence-electron chi connectivity index (χ1n) is 6.36. The van der Waals surface area contributed by atoms with E-state index >= 15 is 0 Å². The number of methoxy groups -OCH3 is 1. The van der Waals surface area contributed by atoms with E-state index in [0.717, 1.165) is 0 Å². The zero-order valence-electron chi connectivity index (χ0n) is 12.6. The summed E-state index contributed by atoms with van der Waals surface area (Å²) in [5.41, 5.74) is 2.96. The third-order valence-electron chi connectivity index (χ3n) is 2.52. The summed E-state index contributed by atoms with van der Waals surface area (Å²) in [5.74, 6) is -0.301. The molecule has 0 unspecified atom stereocenters. The molecule has 1 amide bonds. The van der Waals surface area contributed by atoms with Crippen molar-refractivity contribution >= 4 is 15.9 Å². The summed E-state index contributed by atoms with van der Waals surface area (Å²) < 4.78 is 31.6. The Morgan fingerprint density at radius 2 is 1.86 bits per heavy atom. The predicted molar refractivity (Wildman–Crippen MR) is 79.3 cm³/mol. The van der Waals surface area contributed by atoms with Crippen molar-refractivity contribution in [3.8, 4) is 0 Å². The van der Waals surface area contributed by atoms with Gasteiger partial charge in [0.05, 0.1) is 11.5 Å². The smallest absolute Gasteiger partial charge is 0.265 e. The van der Waals surface area contributed by atoms with Crippen LogP contribution in [0.2, 0.25) is 0 Å². The number of carbonyl (C=O) groups excluding carboxylic acids is 1. The van der Waals surface area contributed by atoms with Gasteiger partial charge in [-0.3, -0.25) is 10.2 Å². The molecular formula is C13H21N3O4S. The fourth-order valence-corrected chi connectivity index (χ4v) is 2.90. The van der Waals surface area contributed by atoms with E-state index in [4.69, 9.17) is 4.74 Å². The Morgan fingerprint density at radius 1 is 1.29 bits per heavy atom. The van der Waals surface area contributed by atoms with E-state index < -0.39 is 10.0 Å². The summed E-state index contributed by atoms with van der Waals surface area (Å²) >= 11 is 0. The van der Waals surface area contributed by atoms with Crippen molar-refractivity contribution in [3.63, 3.8) is 0 Å². The van der Waals surface area contributed by atoms with Crippen LogP contribution in [0.4, 0.5) is 0 Å². The molecule has 0 bridgehead atoms. The maximum atomic E-state index is 12.1. The van der Waals surface area contributed by atoms with Crippen LogP contribution in [-0.2, 0) is 14.8 Å². The lowest BCUT2D eigenvalue weighted by Crippen LogP contribution is -2.36. The van der Waals surface area contributed by atoms with E-state index in [2.05, 4.69) is 10.1 Å². The van der Waals surface area contributed by atoms with Gasteiger partial charge in [0, 0.05) is 32.8 Å². The standard InChI is InChI=1S/C13H21N3O4S/c1-10(9-20-4)15-21(18,19)12-7-5-11(6-8-12)13(17)14-16(2)3/h5-8,10,15H,9H2,1-4H3,(H,14,17)/t10-/m0/s1. The van der Waals surface area contributed by atoms with Gasteiger partial charge in [0.2, 0.25) is 10.0 Å². The fraction of sp³-hybridized carbons (Fsp3) is 0.462. The highest BCUT2D eigenvalue weighted by Gasteiger charge is 2.17. The highest BCUT2D eigenvalue weighted by molar-refractivity contribution is 7.89. The molecule has 0 heterocycles. The summed E-state index contributed by atoms with van der Waals surface area (Å²) in [6.07, 6.45) is 0. The molecule has 0 spiro atoms. The summed E-state index contributed by atoms with van der Waals surface area (Å²) in [6, 6.07) is 5.39. The molecule has 0 aliphatic carbocycles. The zero-order valence-corrected chi connectivity index (χ0v) is 13.4. The van der Waals surface area contributed by atoms with Gasteiger partial charge in [0.1, 0.15) is 0 Å². The zero-order chi connectivity index (χ0) is 16.0. The molecule has 0 fully saturated rings. The monoisotopic (exact) mass is 315 g/mol. The Kier molecular flexibility index (Phi) is 6.28. The number of ether oxygens (including phenoxy) is 1. The van der Waals surface area contributed by atoms with Crippen LogP contribution in [0.15, 0.2) is 29.2 Å². The van der Waals surface area contributed by atoms with Gasteiger partial charge in [-0.05, 0) is 31.2 Å². The Bertz CT molecular complexity index is 570. The highest BCUT2D eigenvalue weighted by Crippen LogP contribution is 2.11. The minimum atomic E-state index is -3.62. The van der Waals surface area contributed by atoms with Crippen LogP contribution in [0.25, 0.3) is 0 Å². The van der Waals surface area contributed by atoms with Crippen molar-refractivity contribution in [2.75, 3.05) is 27.8 Å². The molecule has 1 aromatic rings. The second kappa shape index (κ2) is 7.51. The number of nitrogens with one attached hydrogen (secondary N) is 2. The molecule has 7 nitrogen and oxygen atoms in total. The number of carbonyl (C=O) groups is 1. The summed E-state index contributed by atoms with van der Waals surface area (Å²) in [5, 5.41) is 1.51. The van der Waals surface area contributed by atoms with Crippen LogP contribution in [0.3, 0.4) is 0 Å². The lowest BCUT2D eigenvalue weighted by molar-refractivity contribution is 0.0857. The maximum absolute atomic E-state index is 12.1. The number of nitrogens with zero attached hydrogens (tertiary/aromatic N) is 1. The predicted octanol–water partition coefficient (Wildman–Crippen LogP) is 0.206. The lowest BCUT2D eigenvalue weighted by Gasteiger charge is -2.14. The quantitative estimate of drug-likeness (QED) is 0.702. The largest absolute Gasteiger partial charge is 0.383 e. The van der Waals surface area contributed by atoms with Gasteiger partial charge in [-0.1, -0.05) is 0 Å². The molecule has 0 aliphatic rings. The molecule has 0 saturated heterocycles. The molecule has 1 atom stereocenters. The topological polar surface area (TPSA) is 87.7 Å². The SMILES string of the molecule is COC[C@H](C)NS(=O)(=O)c1ccc(C(=O)NN(C)C)cc1. The normalized spacial score (nSPS) is 13.2. The summed E-state index contributed by atoms with van der Waals surface area (Å²) in [7, 11) is 1.27. The molecular weight excluding hydrogens is 294 g/mol. The van der Waals surface area contributed by atoms with Crippen LogP contribution in [0, 0.1) is 0 Å². The molecule has 0 aliphatic heterocycles. The number of rotatable bonds is 7. The Hall–Kier alpha value is -1.48. The fourth-order valence-electron chi connectivity index (χ4n) is 1.67. The average Bonchev–Trinajstić information content (AvgIpc) is 2.37. The molecule has 2 N–H and O–H groups in total. The molecule has 0 aromatic heterocycles. The molecule has 0 radical (unpaired) electrons. The number of sulfonamides is 1. The average molecular weight is 315 g/mol. The summed E-state index contributed by atoms with van der Waals surface area (Å²) in [4.78, 5) is 11.8. The van der Waals surface area contributed by atoms with Gasteiger partial charge in [0.15, 0.2) is 0 Å². The van der Waals surface area contributed by atoms with E-state index in [1.807, 2.05) is 0 Å².